The summed E-state index contributed by atoms with van der Waals surface area (Å²) in [6, 6.07) is -0.352. The zero-order chi connectivity index (χ0) is 44.2. The van der Waals surface area contributed by atoms with Crippen LogP contribution < -0.4 is 22.5 Å². The topological polar surface area (TPSA) is 397 Å². The molecule has 2 unspecified atom stereocenters. The number of nitrogen functional groups attached to an aromatic ring is 2. The number of carbonyl (C=O) groups excluding carboxylic acids is 2. The zero-order valence-corrected chi connectivity index (χ0v) is 33.6. The Bertz CT molecular complexity index is 2160. The van der Waals surface area contributed by atoms with Gasteiger partial charge >= 0.3 is 27.3 Å². The highest BCUT2D eigenvalue weighted by atomic mass is 31.2. The molecule has 0 spiro atoms. The van der Waals surface area contributed by atoms with Crippen molar-refractivity contribution in [2.45, 2.75) is 87.4 Å². The minimum absolute atomic E-state index is 0.0316. The zero-order valence-electron chi connectivity index (χ0n) is 31.8. The summed E-state index contributed by atoms with van der Waals surface area (Å²) in [6.07, 6.45) is -9.09. The summed E-state index contributed by atoms with van der Waals surface area (Å²) in [4.78, 5) is 84.0. The van der Waals surface area contributed by atoms with Gasteiger partial charge in [-0.2, -0.15) is 4.98 Å². The summed E-state index contributed by atoms with van der Waals surface area (Å²) < 4.78 is 64.5. The Labute approximate surface area is 339 Å². The van der Waals surface area contributed by atoms with E-state index in [0.29, 0.717) is 0 Å². The number of imidazole rings is 1. The van der Waals surface area contributed by atoms with Crippen LogP contribution >= 0.6 is 15.6 Å². The highest BCUT2D eigenvalue weighted by Gasteiger charge is 2.52. The van der Waals surface area contributed by atoms with E-state index in [1.807, 2.05) is 0 Å². The van der Waals surface area contributed by atoms with E-state index < -0.39 is 114 Å². The molecule has 3 aromatic rings. The van der Waals surface area contributed by atoms with Crippen LogP contribution in [0.3, 0.4) is 0 Å². The van der Waals surface area contributed by atoms with Crippen molar-refractivity contribution in [3.8, 4) is 0 Å². The van der Waals surface area contributed by atoms with Crippen LogP contribution in [0.15, 0.2) is 42.4 Å². The van der Waals surface area contributed by atoms with Crippen molar-refractivity contribution in [3.05, 3.63) is 48.1 Å². The first kappa shape index (κ1) is 46.8. The number of esters is 1. The van der Waals surface area contributed by atoms with Crippen LogP contribution in [0.2, 0.25) is 0 Å². The number of carbonyl (C=O) groups is 2. The summed E-state index contributed by atoms with van der Waals surface area (Å²) in [5, 5.41) is 35.3. The van der Waals surface area contributed by atoms with Crippen LogP contribution in [0.4, 0.5) is 11.6 Å². The van der Waals surface area contributed by atoms with Gasteiger partial charge in [-0.15, -0.1) is 6.58 Å². The molecular weight excluding hydrogens is 848 g/mol. The molecule has 5 rings (SSSR count). The standard InChI is InChI=1S/C31H45N9O18P2/c1-4-5-6-19(41)37-15(9-52-12-31(2,3)46)29(44)57-23-16(55-28(21(23)42)40-14-36-20-25(33)34-13-35-26(20)40)11-54-60(50,51)58-24-17(10-53-59(47,48)49)56-27(22(24)43)39-8-7-18(32)38-30(39)45/h4,7-8,13-17,21-24,27-28,42-43,46H,1,5-6,9-12H2,2-3H3,(H,37,41)(H,50,51)(H2,32,38,45)(H2,33,34,35)(H2,47,48,49)/t15?,16-,17-,21-,22-,23-,24-,27-,28-/m1/s1. The van der Waals surface area contributed by atoms with E-state index in [2.05, 4.69) is 36.4 Å². The van der Waals surface area contributed by atoms with Gasteiger partial charge in [-0.3, -0.25) is 27.5 Å². The molecule has 0 aromatic carbocycles. The van der Waals surface area contributed by atoms with Gasteiger partial charge < -0.3 is 65.7 Å². The fourth-order valence-electron chi connectivity index (χ4n) is 5.95. The maximum Gasteiger partial charge on any atom is 0.472 e. The third-order valence-electron chi connectivity index (χ3n) is 8.66. The highest BCUT2D eigenvalue weighted by Crippen LogP contribution is 2.50. The van der Waals surface area contributed by atoms with Crippen LogP contribution in [0.5, 0.6) is 0 Å². The molecule has 60 heavy (non-hydrogen) atoms. The minimum Gasteiger partial charge on any atom is -0.455 e. The van der Waals surface area contributed by atoms with E-state index in [0.717, 1.165) is 23.2 Å². The number of aromatic nitrogens is 6. The molecule has 27 nitrogen and oxygen atoms in total. The van der Waals surface area contributed by atoms with Gasteiger partial charge in [-0.1, -0.05) is 6.08 Å². The molecule has 5 heterocycles. The highest BCUT2D eigenvalue weighted by molar-refractivity contribution is 7.47. The minimum atomic E-state index is -5.44. The van der Waals surface area contributed by atoms with Crippen LogP contribution in [-0.2, 0) is 51.2 Å². The maximum absolute atomic E-state index is 13.7. The molecule has 2 fully saturated rings. The van der Waals surface area contributed by atoms with E-state index in [9.17, 15) is 53.5 Å². The number of hydrogen-bond donors (Lipinski definition) is 9. The lowest BCUT2D eigenvalue weighted by Gasteiger charge is -2.26. The second-order valence-electron chi connectivity index (χ2n) is 14.0. The number of rotatable bonds is 20. The molecule has 0 radical (unpaired) electrons. The number of phosphoric acid groups is 2. The number of hydrogen-bond acceptors (Lipinski definition) is 21. The monoisotopic (exact) mass is 893 g/mol. The van der Waals surface area contributed by atoms with Crippen LogP contribution in [-0.4, -0.2) is 146 Å². The van der Waals surface area contributed by atoms with Crippen molar-refractivity contribution in [1.29, 1.82) is 0 Å². The number of phosphoric ester groups is 2. The summed E-state index contributed by atoms with van der Waals surface area (Å²) in [7, 11) is -10.6. The first-order chi connectivity index (χ1) is 28.1. The fourth-order valence-corrected chi connectivity index (χ4v) is 7.26. The van der Waals surface area contributed by atoms with Crippen LogP contribution in [0.25, 0.3) is 11.2 Å². The largest absolute Gasteiger partial charge is 0.472 e. The molecule has 2 saturated heterocycles. The Kier molecular flexibility index (Phi) is 14.9. The average molecular weight is 894 g/mol. The van der Waals surface area contributed by atoms with Crippen molar-refractivity contribution in [1.82, 2.24) is 34.4 Å². The summed E-state index contributed by atoms with van der Waals surface area (Å²) in [5.41, 5.74) is 9.24. The molecule has 29 heteroatoms. The van der Waals surface area contributed by atoms with Gasteiger partial charge in [0.05, 0.1) is 38.4 Å². The van der Waals surface area contributed by atoms with Crippen LogP contribution in [0, 0.1) is 0 Å². The summed E-state index contributed by atoms with van der Waals surface area (Å²) in [6.45, 7) is 3.63. The Morgan fingerprint density at radius 2 is 1.68 bits per heavy atom. The first-order valence-electron chi connectivity index (χ1n) is 17.8. The number of aliphatic hydroxyl groups excluding tert-OH is 2. The van der Waals surface area contributed by atoms with E-state index in [4.69, 9.17) is 39.5 Å². The third-order valence-corrected chi connectivity index (χ3v) is 10.1. The molecular formula is C31H45N9O18P2. The molecule has 2 aliphatic rings. The number of nitrogens with zero attached hydrogens (tertiary/aromatic N) is 6. The molecule has 1 amide bonds. The van der Waals surface area contributed by atoms with Crippen molar-refractivity contribution in [2.75, 3.05) is 37.9 Å². The molecule has 3 aromatic heterocycles. The second kappa shape index (κ2) is 19.2. The first-order valence-corrected chi connectivity index (χ1v) is 20.8. The number of anilines is 2. The van der Waals surface area contributed by atoms with Crippen molar-refractivity contribution in [3.63, 3.8) is 0 Å². The Balaban J connectivity index is 1.39. The van der Waals surface area contributed by atoms with Crippen molar-refractivity contribution < 1.29 is 81.2 Å². The Morgan fingerprint density at radius 1 is 1.03 bits per heavy atom. The van der Waals surface area contributed by atoms with E-state index >= 15 is 0 Å². The van der Waals surface area contributed by atoms with E-state index in [-0.39, 0.29) is 42.2 Å². The van der Waals surface area contributed by atoms with E-state index in [1.54, 1.807) is 0 Å². The smallest absolute Gasteiger partial charge is 0.455 e. The number of amides is 1. The van der Waals surface area contributed by atoms with Gasteiger partial charge in [0.2, 0.25) is 5.91 Å². The lowest BCUT2D eigenvalue weighted by Crippen LogP contribution is -2.49. The number of allylic oxidation sites excluding steroid dienone is 1. The predicted molar refractivity (Wildman–Crippen MR) is 199 cm³/mol. The Hall–Kier alpha value is -4.31. The predicted octanol–water partition coefficient (Wildman–Crippen LogP) is -2.47. The SMILES string of the molecule is C=CCCC(=O)NC(COCC(C)(C)O)C(=O)O[C@H]1[C@@H](O)[C@H](n2cnc3c(N)ncnc32)O[C@@H]1COP(=O)(O)O[C@H]1[C@@H](O)[C@H](n2ccc(N)nc2=O)O[C@@H]1COP(=O)(O)O. The van der Waals surface area contributed by atoms with Gasteiger partial charge in [0.25, 0.3) is 0 Å². The molecule has 2 aliphatic heterocycles. The average Bonchev–Trinajstić information content (AvgIpc) is 3.81. The summed E-state index contributed by atoms with van der Waals surface area (Å²) >= 11 is 0. The quantitative estimate of drug-likeness (QED) is 0.0322. The third kappa shape index (κ3) is 11.9. The van der Waals surface area contributed by atoms with Crippen molar-refractivity contribution >= 4 is 50.3 Å². The fraction of sp³-hybridized carbons (Fsp3) is 0.581. The lowest BCUT2D eigenvalue weighted by atomic mass is 10.1. The molecule has 10 atom stereocenters. The van der Waals surface area contributed by atoms with Gasteiger partial charge in [-0.05, 0) is 26.3 Å². The van der Waals surface area contributed by atoms with Gasteiger partial charge in [0.1, 0.15) is 48.2 Å². The lowest BCUT2D eigenvalue weighted by molar-refractivity contribution is -0.162. The molecule has 332 valence electrons. The number of ether oxygens (including phenoxy) is 4. The Morgan fingerprint density at radius 3 is 2.33 bits per heavy atom. The normalized spacial score (nSPS) is 26.1. The maximum atomic E-state index is 13.7. The van der Waals surface area contributed by atoms with Gasteiger partial charge in [0.15, 0.2) is 36.1 Å². The van der Waals surface area contributed by atoms with Crippen LogP contribution in [0.1, 0.15) is 39.1 Å². The number of aliphatic hydroxyl groups is 3. The van der Waals surface area contributed by atoms with Gasteiger partial charge in [-0.25, -0.2) is 33.7 Å². The second-order valence-corrected chi connectivity index (χ2v) is 16.7. The summed E-state index contributed by atoms with van der Waals surface area (Å²) in [5.74, 6) is -2.00. The molecule has 11 N–H and O–H groups in total. The van der Waals surface area contributed by atoms with E-state index in [1.165, 1.54) is 30.8 Å². The van der Waals surface area contributed by atoms with Gasteiger partial charge in [0, 0.05) is 12.6 Å². The number of fused-ring (bicyclic) bond motifs is 1. The van der Waals surface area contributed by atoms with Crippen molar-refractivity contribution in [2.24, 2.45) is 0 Å². The number of nitrogens with one attached hydrogen (secondary N) is 1. The number of nitrogens with two attached hydrogens (primary N) is 2. The molecule has 0 aliphatic carbocycles. The molecule has 0 bridgehead atoms. The molecule has 0 saturated carbocycles.